The summed E-state index contributed by atoms with van der Waals surface area (Å²) in [5.74, 6) is -1.46. The van der Waals surface area contributed by atoms with Gasteiger partial charge in [-0.05, 0) is 42.5 Å². The van der Waals surface area contributed by atoms with E-state index in [0.29, 0.717) is 22.8 Å². The highest BCUT2D eigenvalue weighted by molar-refractivity contribution is 7.71. The van der Waals surface area contributed by atoms with E-state index in [2.05, 4.69) is 5.32 Å². The lowest BCUT2D eigenvalue weighted by molar-refractivity contribution is 0.0694. The largest absolute Gasteiger partial charge is 0.507 e. The molecule has 0 saturated heterocycles. The van der Waals surface area contributed by atoms with Crippen LogP contribution in [0.3, 0.4) is 0 Å². The van der Waals surface area contributed by atoms with Gasteiger partial charge < -0.3 is 19.9 Å². The fourth-order valence-corrected chi connectivity index (χ4v) is 2.40. The maximum atomic E-state index is 11.0. The molecule has 0 aliphatic rings. The molecule has 0 aliphatic heterocycles. The van der Waals surface area contributed by atoms with Crippen molar-refractivity contribution in [2.75, 3.05) is 5.32 Å². The quantitative estimate of drug-likeness (QED) is 0.505. The monoisotopic (exact) mass is 316 g/mol. The molecular formula is C15H12N2O4S. The molecule has 0 aliphatic carbocycles. The summed E-state index contributed by atoms with van der Waals surface area (Å²) < 4.78 is 7.23. The number of aromatic carboxylic acids is 1. The van der Waals surface area contributed by atoms with E-state index in [1.54, 1.807) is 10.6 Å². The lowest BCUT2D eigenvalue weighted by Crippen LogP contribution is -2.08. The topological polar surface area (TPSA) is 87.6 Å². The number of benzene rings is 2. The lowest BCUT2D eigenvalue weighted by Gasteiger charge is -2.09. The Labute approximate surface area is 130 Å². The number of hydrogen-bond acceptors (Lipinski definition) is 5. The van der Waals surface area contributed by atoms with Crippen LogP contribution >= 0.6 is 12.2 Å². The summed E-state index contributed by atoms with van der Waals surface area (Å²) in [7, 11) is 0. The Balaban J connectivity index is 1.88. The van der Waals surface area contributed by atoms with Crippen LogP contribution in [-0.4, -0.2) is 20.7 Å². The lowest BCUT2D eigenvalue weighted by atomic mass is 10.2. The minimum absolute atomic E-state index is 0.161. The molecule has 0 fully saturated rings. The molecule has 1 aromatic heterocycles. The molecule has 0 bridgehead atoms. The maximum absolute atomic E-state index is 11.0. The molecule has 0 spiro atoms. The molecule has 7 heteroatoms. The van der Waals surface area contributed by atoms with Gasteiger partial charge in [0.1, 0.15) is 11.3 Å². The Bertz CT molecular complexity index is 913. The first-order valence-electron chi connectivity index (χ1n) is 6.45. The van der Waals surface area contributed by atoms with Crippen LogP contribution in [0.15, 0.2) is 46.9 Å². The van der Waals surface area contributed by atoms with Crippen LogP contribution in [0.25, 0.3) is 11.1 Å². The number of aromatic nitrogens is 1. The summed E-state index contributed by atoms with van der Waals surface area (Å²) in [6.45, 7) is 0.319. The van der Waals surface area contributed by atoms with E-state index in [9.17, 15) is 9.90 Å². The van der Waals surface area contributed by atoms with Crippen molar-refractivity contribution in [3.8, 4) is 5.75 Å². The van der Waals surface area contributed by atoms with Gasteiger partial charge in [0.2, 0.25) is 0 Å². The second-order valence-corrected chi connectivity index (χ2v) is 4.98. The smallest absolute Gasteiger partial charge is 0.339 e. The summed E-state index contributed by atoms with van der Waals surface area (Å²) >= 11 is 5.18. The molecule has 112 valence electrons. The van der Waals surface area contributed by atoms with E-state index in [-0.39, 0.29) is 11.3 Å². The van der Waals surface area contributed by atoms with Gasteiger partial charge in [-0.3, -0.25) is 4.57 Å². The van der Waals surface area contributed by atoms with Crippen LogP contribution < -0.4 is 5.32 Å². The first-order chi connectivity index (χ1) is 10.6. The average molecular weight is 316 g/mol. The SMILES string of the molecule is O=C(O)c1cc(NCn2c(=S)oc3ccccc32)ccc1O. The molecule has 0 radical (unpaired) electrons. The number of carboxylic acid groups (broad SMARTS) is 1. The fraction of sp³-hybridized carbons (Fsp3) is 0.0667. The Morgan fingerprint density at radius 3 is 2.82 bits per heavy atom. The van der Waals surface area contributed by atoms with Gasteiger partial charge in [0.25, 0.3) is 4.84 Å². The zero-order valence-electron chi connectivity index (χ0n) is 11.3. The van der Waals surface area contributed by atoms with E-state index >= 15 is 0 Å². The van der Waals surface area contributed by atoms with Crippen LogP contribution in [0.2, 0.25) is 0 Å². The van der Waals surface area contributed by atoms with Gasteiger partial charge in [-0.1, -0.05) is 12.1 Å². The van der Waals surface area contributed by atoms with Crippen molar-refractivity contribution in [1.82, 2.24) is 4.57 Å². The molecule has 1 heterocycles. The van der Waals surface area contributed by atoms with Crippen molar-refractivity contribution in [3.05, 3.63) is 52.9 Å². The number of oxazole rings is 1. The highest BCUT2D eigenvalue weighted by Crippen LogP contribution is 2.22. The predicted molar refractivity (Wildman–Crippen MR) is 83.7 cm³/mol. The third-order valence-electron chi connectivity index (χ3n) is 3.24. The number of hydrogen-bond donors (Lipinski definition) is 3. The number of nitrogens with one attached hydrogen (secondary N) is 1. The summed E-state index contributed by atoms with van der Waals surface area (Å²) in [5, 5.41) is 21.6. The minimum atomic E-state index is -1.19. The van der Waals surface area contributed by atoms with Gasteiger partial charge in [0.15, 0.2) is 5.58 Å². The second-order valence-electron chi connectivity index (χ2n) is 4.64. The molecule has 0 unspecified atom stereocenters. The number of aromatic hydroxyl groups is 1. The Kier molecular flexibility index (Phi) is 3.56. The van der Waals surface area contributed by atoms with Gasteiger partial charge in [0.05, 0.1) is 12.2 Å². The van der Waals surface area contributed by atoms with Gasteiger partial charge >= 0.3 is 5.97 Å². The number of fused-ring (bicyclic) bond motifs is 1. The number of phenols is 1. The predicted octanol–water partition coefficient (Wildman–Crippen LogP) is 3.44. The number of para-hydroxylation sites is 2. The van der Waals surface area contributed by atoms with E-state index in [1.165, 1.54) is 12.1 Å². The van der Waals surface area contributed by atoms with Crippen molar-refractivity contribution in [3.63, 3.8) is 0 Å². The van der Waals surface area contributed by atoms with Crippen LogP contribution in [0, 0.1) is 4.84 Å². The molecule has 3 rings (SSSR count). The third-order valence-corrected chi connectivity index (χ3v) is 3.55. The van der Waals surface area contributed by atoms with Crippen LogP contribution in [0.4, 0.5) is 5.69 Å². The number of anilines is 1. The second kappa shape index (κ2) is 5.53. The Morgan fingerprint density at radius 1 is 1.27 bits per heavy atom. The molecule has 2 aromatic carbocycles. The van der Waals surface area contributed by atoms with Crippen molar-refractivity contribution < 1.29 is 19.4 Å². The molecular weight excluding hydrogens is 304 g/mol. The van der Waals surface area contributed by atoms with Crippen LogP contribution in [0.5, 0.6) is 5.75 Å². The number of carbonyl (C=O) groups is 1. The van der Waals surface area contributed by atoms with Gasteiger partial charge in [-0.2, -0.15) is 0 Å². The standard InChI is InChI=1S/C15H12N2O4S/c18-12-6-5-9(7-10(12)14(19)20)16-8-17-11-3-1-2-4-13(11)21-15(17)22/h1-7,16,18H,8H2,(H,19,20). The molecule has 0 atom stereocenters. The van der Waals surface area contributed by atoms with Crippen molar-refractivity contribution in [1.29, 1.82) is 0 Å². The Morgan fingerprint density at radius 2 is 2.05 bits per heavy atom. The molecule has 22 heavy (non-hydrogen) atoms. The van der Waals surface area contributed by atoms with E-state index < -0.39 is 5.97 Å². The van der Waals surface area contributed by atoms with Gasteiger partial charge in [-0.25, -0.2) is 4.79 Å². The molecule has 3 aromatic rings. The molecule has 3 N–H and O–H groups in total. The van der Waals surface area contributed by atoms with E-state index in [0.717, 1.165) is 5.52 Å². The minimum Gasteiger partial charge on any atom is -0.507 e. The summed E-state index contributed by atoms with van der Waals surface area (Å²) in [5.41, 5.74) is 1.93. The highest BCUT2D eigenvalue weighted by Gasteiger charge is 2.11. The van der Waals surface area contributed by atoms with E-state index in [1.807, 2.05) is 24.3 Å². The van der Waals surface area contributed by atoms with Crippen molar-refractivity contribution in [2.45, 2.75) is 6.67 Å². The normalized spacial score (nSPS) is 10.7. The zero-order valence-corrected chi connectivity index (χ0v) is 12.1. The molecule has 0 saturated carbocycles. The number of rotatable bonds is 4. The van der Waals surface area contributed by atoms with Crippen molar-refractivity contribution >= 4 is 35.0 Å². The first-order valence-corrected chi connectivity index (χ1v) is 6.85. The third kappa shape index (κ3) is 2.53. The zero-order chi connectivity index (χ0) is 15.7. The van der Waals surface area contributed by atoms with E-state index in [4.69, 9.17) is 21.7 Å². The summed E-state index contributed by atoms with van der Waals surface area (Å²) in [6, 6.07) is 11.7. The fourth-order valence-electron chi connectivity index (χ4n) is 2.15. The maximum Gasteiger partial charge on any atom is 0.339 e. The summed E-state index contributed by atoms with van der Waals surface area (Å²) in [4.78, 5) is 11.3. The van der Waals surface area contributed by atoms with Crippen molar-refractivity contribution in [2.24, 2.45) is 0 Å². The van der Waals surface area contributed by atoms with Crippen LogP contribution in [-0.2, 0) is 6.67 Å². The average Bonchev–Trinajstić information content (AvgIpc) is 2.81. The van der Waals surface area contributed by atoms with Gasteiger partial charge in [-0.15, -0.1) is 0 Å². The number of carboxylic acids is 1. The van der Waals surface area contributed by atoms with Gasteiger partial charge in [0, 0.05) is 5.69 Å². The number of nitrogens with zero attached hydrogens (tertiary/aromatic N) is 1. The first kappa shape index (κ1) is 14.2. The molecule has 0 amide bonds. The Hall–Kier alpha value is -2.80. The highest BCUT2D eigenvalue weighted by atomic mass is 32.1. The molecule has 6 nitrogen and oxygen atoms in total. The van der Waals surface area contributed by atoms with Crippen LogP contribution in [0.1, 0.15) is 10.4 Å². The summed E-state index contributed by atoms with van der Waals surface area (Å²) in [6.07, 6.45) is 0.